The first-order chi connectivity index (χ1) is 12.7. The van der Waals surface area contributed by atoms with Crippen LogP contribution in [0, 0.1) is 0 Å². The molecule has 0 atom stereocenters. The SMILES string of the molecule is CCN(CC)CCOc1ccc(CNC(=O)c2ccc(CN)cc2)cc1.Cl. The molecule has 1 amide bonds. The molecule has 0 aliphatic heterocycles. The van der Waals surface area contributed by atoms with Crippen LogP contribution in [0.4, 0.5) is 0 Å². The van der Waals surface area contributed by atoms with E-state index in [4.69, 9.17) is 10.5 Å². The lowest BCUT2D eigenvalue weighted by Gasteiger charge is -2.18. The summed E-state index contributed by atoms with van der Waals surface area (Å²) in [6.07, 6.45) is 0. The fourth-order valence-electron chi connectivity index (χ4n) is 2.61. The fourth-order valence-corrected chi connectivity index (χ4v) is 2.61. The molecule has 5 nitrogen and oxygen atoms in total. The largest absolute Gasteiger partial charge is 0.492 e. The van der Waals surface area contributed by atoms with E-state index < -0.39 is 0 Å². The van der Waals surface area contributed by atoms with E-state index in [0.29, 0.717) is 25.3 Å². The van der Waals surface area contributed by atoms with Crippen LogP contribution >= 0.6 is 12.4 Å². The van der Waals surface area contributed by atoms with Gasteiger partial charge in [-0.2, -0.15) is 0 Å². The number of ether oxygens (including phenoxy) is 1. The van der Waals surface area contributed by atoms with Gasteiger partial charge in [0.15, 0.2) is 0 Å². The van der Waals surface area contributed by atoms with Gasteiger partial charge in [0.25, 0.3) is 5.91 Å². The first-order valence-electron chi connectivity index (χ1n) is 9.17. The van der Waals surface area contributed by atoms with Gasteiger partial charge in [0.1, 0.15) is 12.4 Å². The Bertz CT molecular complexity index is 671. The monoisotopic (exact) mass is 391 g/mol. The van der Waals surface area contributed by atoms with Crippen LogP contribution in [0.2, 0.25) is 0 Å². The topological polar surface area (TPSA) is 67.6 Å². The molecule has 2 aromatic rings. The van der Waals surface area contributed by atoms with Crippen LogP contribution in [-0.4, -0.2) is 37.0 Å². The third kappa shape index (κ3) is 7.59. The predicted molar refractivity (Wildman–Crippen MR) is 112 cm³/mol. The molecule has 0 radical (unpaired) electrons. The molecular formula is C21H30ClN3O2. The van der Waals surface area contributed by atoms with E-state index in [9.17, 15) is 4.79 Å². The zero-order valence-corrected chi connectivity index (χ0v) is 16.9. The Balaban J connectivity index is 0.00000364. The van der Waals surface area contributed by atoms with E-state index in [1.807, 2.05) is 36.4 Å². The summed E-state index contributed by atoms with van der Waals surface area (Å²) in [7, 11) is 0. The Labute approximate surface area is 168 Å². The van der Waals surface area contributed by atoms with Gasteiger partial charge in [0.2, 0.25) is 0 Å². The predicted octanol–water partition coefficient (Wildman–Crippen LogP) is 3.22. The Hall–Kier alpha value is -2.08. The first-order valence-corrected chi connectivity index (χ1v) is 9.17. The number of rotatable bonds is 10. The molecule has 0 saturated carbocycles. The van der Waals surface area contributed by atoms with Gasteiger partial charge >= 0.3 is 0 Å². The summed E-state index contributed by atoms with van der Waals surface area (Å²) >= 11 is 0. The second kappa shape index (κ2) is 12.3. The van der Waals surface area contributed by atoms with Gasteiger partial charge in [-0.15, -0.1) is 12.4 Å². The van der Waals surface area contributed by atoms with Crippen molar-refractivity contribution in [3.63, 3.8) is 0 Å². The quantitative estimate of drug-likeness (QED) is 0.652. The van der Waals surface area contributed by atoms with Gasteiger partial charge in [0, 0.05) is 25.2 Å². The minimum Gasteiger partial charge on any atom is -0.492 e. The average Bonchev–Trinajstić information content (AvgIpc) is 2.70. The van der Waals surface area contributed by atoms with Crippen molar-refractivity contribution in [1.29, 1.82) is 0 Å². The number of likely N-dealkylation sites (N-methyl/N-ethyl adjacent to an activating group) is 1. The molecule has 0 unspecified atom stereocenters. The summed E-state index contributed by atoms with van der Waals surface area (Å²) in [5, 5.41) is 2.93. The van der Waals surface area contributed by atoms with Crippen molar-refractivity contribution >= 4 is 18.3 Å². The number of hydrogen-bond donors (Lipinski definition) is 2. The number of nitrogens with one attached hydrogen (secondary N) is 1. The third-order valence-corrected chi connectivity index (χ3v) is 4.40. The second-order valence-electron chi connectivity index (χ2n) is 6.10. The highest BCUT2D eigenvalue weighted by Crippen LogP contribution is 2.12. The zero-order valence-electron chi connectivity index (χ0n) is 16.1. The Morgan fingerprint density at radius 2 is 1.59 bits per heavy atom. The molecule has 0 aliphatic rings. The second-order valence-corrected chi connectivity index (χ2v) is 6.10. The van der Waals surface area contributed by atoms with Gasteiger partial charge in [-0.1, -0.05) is 38.1 Å². The summed E-state index contributed by atoms with van der Waals surface area (Å²) in [6, 6.07) is 15.2. The lowest BCUT2D eigenvalue weighted by Crippen LogP contribution is -2.27. The van der Waals surface area contributed by atoms with Crippen LogP contribution in [0.15, 0.2) is 48.5 Å². The van der Waals surface area contributed by atoms with Crippen molar-refractivity contribution in [2.24, 2.45) is 5.73 Å². The van der Waals surface area contributed by atoms with Crippen LogP contribution < -0.4 is 15.8 Å². The highest BCUT2D eigenvalue weighted by Gasteiger charge is 2.05. The summed E-state index contributed by atoms with van der Waals surface area (Å²) in [5.41, 5.74) is 8.25. The molecule has 27 heavy (non-hydrogen) atoms. The normalized spacial score (nSPS) is 10.4. The van der Waals surface area contributed by atoms with E-state index >= 15 is 0 Å². The molecule has 0 heterocycles. The van der Waals surface area contributed by atoms with Crippen molar-refractivity contribution in [1.82, 2.24) is 10.2 Å². The summed E-state index contributed by atoms with van der Waals surface area (Å²) in [5.74, 6) is 0.762. The van der Waals surface area contributed by atoms with Crippen LogP contribution in [0.3, 0.4) is 0 Å². The molecular weight excluding hydrogens is 362 g/mol. The molecule has 6 heteroatoms. The number of nitrogens with two attached hydrogens (primary N) is 1. The minimum atomic E-state index is -0.0897. The van der Waals surface area contributed by atoms with E-state index in [-0.39, 0.29) is 18.3 Å². The van der Waals surface area contributed by atoms with Crippen LogP contribution in [-0.2, 0) is 13.1 Å². The van der Waals surface area contributed by atoms with Crippen molar-refractivity contribution in [2.45, 2.75) is 26.9 Å². The number of amides is 1. The van der Waals surface area contributed by atoms with Gasteiger partial charge in [0.05, 0.1) is 0 Å². The molecule has 0 aliphatic carbocycles. The van der Waals surface area contributed by atoms with Crippen molar-refractivity contribution in [3.05, 3.63) is 65.2 Å². The summed E-state index contributed by atoms with van der Waals surface area (Å²) < 4.78 is 5.77. The Morgan fingerprint density at radius 3 is 2.15 bits per heavy atom. The summed E-state index contributed by atoms with van der Waals surface area (Å²) in [4.78, 5) is 14.5. The molecule has 3 N–H and O–H groups in total. The fraction of sp³-hybridized carbons (Fsp3) is 0.381. The van der Waals surface area contributed by atoms with E-state index in [0.717, 1.165) is 36.5 Å². The molecule has 2 aromatic carbocycles. The Kier molecular flexibility index (Phi) is 10.5. The van der Waals surface area contributed by atoms with Crippen LogP contribution in [0.5, 0.6) is 5.75 Å². The van der Waals surface area contributed by atoms with Crippen molar-refractivity contribution in [2.75, 3.05) is 26.2 Å². The number of nitrogens with zero attached hydrogens (tertiary/aromatic N) is 1. The van der Waals surface area contributed by atoms with E-state index in [2.05, 4.69) is 24.1 Å². The molecule has 148 valence electrons. The number of carbonyl (C=O) groups excluding carboxylic acids is 1. The molecule has 0 saturated heterocycles. The lowest BCUT2D eigenvalue weighted by molar-refractivity contribution is 0.0951. The highest BCUT2D eigenvalue weighted by atomic mass is 35.5. The van der Waals surface area contributed by atoms with Crippen LogP contribution in [0.1, 0.15) is 35.3 Å². The minimum absolute atomic E-state index is 0. The maximum absolute atomic E-state index is 12.2. The maximum atomic E-state index is 12.2. The molecule has 0 fully saturated rings. The van der Waals surface area contributed by atoms with Gasteiger partial charge < -0.3 is 20.7 Å². The maximum Gasteiger partial charge on any atom is 0.251 e. The number of benzene rings is 2. The number of hydrogen-bond acceptors (Lipinski definition) is 4. The molecule has 0 bridgehead atoms. The van der Waals surface area contributed by atoms with Gasteiger partial charge in [-0.25, -0.2) is 0 Å². The van der Waals surface area contributed by atoms with E-state index in [1.165, 1.54) is 0 Å². The third-order valence-electron chi connectivity index (χ3n) is 4.40. The smallest absolute Gasteiger partial charge is 0.251 e. The van der Waals surface area contributed by atoms with Crippen molar-refractivity contribution < 1.29 is 9.53 Å². The zero-order chi connectivity index (χ0) is 18.8. The Morgan fingerprint density at radius 1 is 1.00 bits per heavy atom. The van der Waals surface area contributed by atoms with Crippen molar-refractivity contribution in [3.8, 4) is 5.75 Å². The molecule has 0 aromatic heterocycles. The van der Waals surface area contributed by atoms with Crippen LogP contribution in [0.25, 0.3) is 0 Å². The molecule has 0 spiro atoms. The molecule has 2 rings (SSSR count). The van der Waals surface area contributed by atoms with Gasteiger partial charge in [-0.05, 0) is 48.5 Å². The highest BCUT2D eigenvalue weighted by molar-refractivity contribution is 5.94. The first kappa shape index (κ1) is 23.0. The number of halogens is 1. The number of carbonyl (C=O) groups is 1. The lowest BCUT2D eigenvalue weighted by atomic mass is 10.1. The van der Waals surface area contributed by atoms with Gasteiger partial charge in [-0.3, -0.25) is 4.79 Å². The summed E-state index contributed by atoms with van der Waals surface area (Å²) in [6.45, 7) is 8.94. The van der Waals surface area contributed by atoms with E-state index in [1.54, 1.807) is 12.1 Å². The standard InChI is InChI=1S/C21H29N3O2.ClH/c1-3-24(4-2)13-14-26-20-11-7-18(8-12-20)16-23-21(25)19-9-5-17(15-22)6-10-19;/h5-12H,3-4,13-16,22H2,1-2H3,(H,23,25);1H. The average molecular weight is 392 g/mol.